The molecule has 8 heteroatoms. The average Bonchev–Trinajstić information content (AvgIpc) is 2.45. The van der Waals surface area contributed by atoms with Gasteiger partial charge in [-0.3, -0.25) is 19.9 Å². The lowest BCUT2D eigenvalue weighted by Crippen LogP contribution is -2.45. The molecule has 1 aliphatic heterocycles. The zero-order chi connectivity index (χ0) is 13.0. The van der Waals surface area contributed by atoms with E-state index < -0.39 is 17.6 Å². The van der Waals surface area contributed by atoms with Crippen molar-refractivity contribution in [3.8, 4) is 0 Å². The number of aliphatic carboxylic acids is 1. The number of nitrogens with one attached hydrogen (secondary N) is 1. The number of carbonyl (C=O) groups is 2. The molecule has 0 saturated carbocycles. The number of β-amino-alcohol motifs (C(OH)–C–C–N with tert-alkyl or cyclic N) is 1. The molecule has 0 aliphatic carbocycles. The Bertz CT molecular complexity index is 302. The van der Waals surface area contributed by atoms with Crippen molar-refractivity contribution in [3.63, 3.8) is 0 Å². The molecular formula is C9H16N3O4S-. The maximum Gasteiger partial charge on any atom is 0.317 e. The second kappa shape index (κ2) is 6.31. The molecule has 0 aromatic rings. The van der Waals surface area contributed by atoms with Crippen LogP contribution in [-0.2, 0) is 22.2 Å². The summed E-state index contributed by atoms with van der Waals surface area (Å²) in [5.41, 5.74) is 2.28. The Morgan fingerprint density at radius 1 is 1.47 bits per heavy atom. The summed E-state index contributed by atoms with van der Waals surface area (Å²) < 4.78 is 0. The summed E-state index contributed by atoms with van der Waals surface area (Å²) in [6.07, 6.45) is -0.244. The van der Waals surface area contributed by atoms with E-state index in [4.69, 9.17) is 22.8 Å². The third kappa shape index (κ3) is 3.93. The Kier molecular flexibility index (Phi) is 5.34. The molecule has 1 saturated heterocycles. The number of aliphatic hydroxyl groups is 1. The van der Waals surface area contributed by atoms with Crippen molar-refractivity contribution in [2.75, 3.05) is 19.7 Å². The molecule has 0 aromatic heterocycles. The molecule has 1 fully saturated rings. The first-order chi connectivity index (χ1) is 7.95. The third-order valence-electron chi connectivity index (χ3n) is 2.45. The number of hydrogen-bond donors (Lipinski definition) is 3. The quantitative estimate of drug-likeness (QED) is 0.489. The highest BCUT2D eigenvalue weighted by Crippen LogP contribution is 2.18. The van der Waals surface area contributed by atoms with Crippen LogP contribution < -0.4 is 5.43 Å². The molecule has 1 heterocycles. The normalized spacial score (nSPS) is 26.3. The fourth-order valence-electron chi connectivity index (χ4n) is 1.79. The zero-order valence-electron chi connectivity index (χ0n) is 9.50. The number of Topliss-reactive ketones (excluding diaryl/α,β-unsaturated/α-hetero) is 1. The predicted molar refractivity (Wildman–Crippen MR) is 61.5 cm³/mol. The van der Waals surface area contributed by atoms with Crippen LogP contribution in [0.3, 0.4) is 0 Å². The van der Waals surface area contributed by atoms with Crippen molar-refractivity contribution in [2.24, 2.45) is 0 Å². The molecular weight excluding hydrogens is 246 g/mol. The molecule has 1 aliphatic rings. The van der Waals surface area contributed by atoms with Crippen LogP contribution in [0.1, 0.15) is 13.3 Å². The monoisotopic (exact) mass is 262 g/mol. The van der Waals surface area contributed by atoms with Crippen LogP contribution in [0.2, 0.25) is 0 Å². The topological polar surface area (TPSA) is 93.1 Å². The van der Waals surface area contributed by atoms with E-state index in [1.165, 1.54) is 11.8 Å². The highest BCUT2D eigenvalue weighted by atomic mass is 32.1. The number of ketones is 1. The highest BCUT2D eigenvalue weighted by molar-refractivity contribution is 7.59. The van der Waals surface area contributed by atoms with Gasteiger partial charge in [-0.1, -0.05) is 0 Å². The second-order valence-electron chi connectivity index (χ2n) is 3.85. The van der Waals surface area contributed by atoms with Crippen molar-refractivity contribution >= 4 is 24.4 Å². The summed E-state index contributed by atoms with van der Waals surface area (Å²) in [7, 11) is 0. The molecule has 2 atom stereocenters. The Morgan fingerprint density at radius 3 is 2.59 bits per heavy atom. The molecule has 2 unspecified atom stereocenters. The van der Waals surface area contributed by atoms with E-state index in [1.807, 2.05) is 0 Å². The molecule has 3 N–H and O–H groups in total. The van der Waals surface area contributed by atoms with Crippen LogP contribution in [0.5, 0.6) is 0 Å². The van der Waals surface area contributed by atoms with Crippen molar-refractivity contribution in [1.82, 2.24) is 15.3 Å². The number of aliphatic hydroxyl groups excluding tert-OH is 1. The number of carboxylic acids is 1. The van der Waals surface area contributed by atoms with E-state index in [9.17, 15) is 9.59 Å². The maximum atomic E-state index is 11.2. The van der Waals surface area contributed by atoms with Crippen LogP contribution in [-0.4, -0.2) is 63.2 Å². The first-order valence-corrected chi connectivity index (χ1v) is 5.69. The maximum absolute atomic E-state index is 11.2. The van der Waals surface area contributed by atoms with Crippen LogP contribution in [0.15, 0.2) is 0 Å². The Balaban J connectivity index is 2.76. The minimum Gasteiger partial charge on any atom is -0.757 e. The minimum atomic E-state index is -0.999. The minimum absolute atomic E-state index is 0.0563. The van der Waals surface area contributed by atoms with Gasteiger partial charge in [0.2, 0.25) is 0 Å². The number of carbonyl (C=O) groups excluding carboxylic acids is 1. The second-order valence-corrected chi connectivity index (χ2v) is 4.30. The van der Waals surface area contributed by atoms with Crippen LogP contribution in [0, 0.1) is 0 Å². The van der Waals surface area contributed by atoms with E-state index in [2.05, 4.69) is 5.43 Å². The molecule has 0 amide bonds. The Labute approximate surface area is 105 Å². The summed E-state index contributed by atoms with van der Waals surface area (Å²) >= 11 is 5.08. The van der Waals surface area contributed by atoms with Gasteiger partial charge in [-0.25, -0.2) is 5.01 Å². The number of carboxylic acid groups (broad SMARTS) is 1. The zero-order valence-corrected chi connectivity index (χ0v) is 10.3. The molecule has 1 rings (SSSR count). The van der Waals surface area contributed by atoms with Gasteiger partial charge in [0.15, 0.2) is 0 Å². The lowest BCUT2D eigenvalue weighted by atomic mass is 10.2. The van der Waals surface area contributed by atoms with Crippen molar-refractivity contribution in [3.05, 3.63) is 0 Å². The number of rotatable bonds is 6. The summed E-state index contributed by atoms with van der Waals surface area (Å²) in [6.45, 7) is 1.40. The highest BCUT2D eigenvalue weighted by Gasteiger charge is 2.34. The molecule has 0 bridgehead atoms. The first-order valence-electron chi connectivity index (χ1n) is 5.22. The SMILES string of the molecule is CC(=O)CC1N(CCO)NC([S-])N1CC(=O)O. The van der Waals surface area contributed by atoms with Crippen molar-refractivity contribution < 1.29 is 19.8 Å². The van der Waals surface area contributed by atoms with E-state index in [1.54, 1.807) is 5.01 Å². The van der Waals surface area contributed by atoms with Gasteiger partial charge >= 0.3 is 5.97 Å². The lowest BCUT2D eigenvalue weighted by Gasteiger charge is -2.30. The fourth-order valence-corrected chi connectivity index (χ4v) is 2.14. The molecule has 0 aromatic carbocycles. The van der Waals surface area contributed by atoms with E-state index in [-0.39, 0.29) is 25.4 Å². The predicted octanol–water partition coefficient (Wildman–Crippen LogP) is -1.68. The van der Waals surface area contributed by atoms with Gasteiger partial charge in [-0.2, -0.15) is 0 Å². The van der Waals surface area contributed by atoms with E-state index in [0.717, 1.165) is 0 Å². The third-order valence-corrected chi connectivity index (χ3v) is 2.83. The average molecular weight is 262 g/mol. The van der Waals surface area contributed by atoms with Gasteiger partial charge in [0.25, 0.3) is 0 Å². The molecule has 7 nitrogen and oxygen atoms in total. The summed E-state index contributed by atoms with van der Waals surface area (Å²) in [4.78, 5) is 23.4. The fraction of sp³-hybridized carbons (Fsp3) is 0.778. The van der Waals surface area contributed by atoms with Crippen molar-refractivity contribution in [2.45, 2.75) is 25.0 Å². The van der Waals surface area contributed by atoms with Gasteiger partial charge < -0.3 is 22.8 Å². The standard InChI is InChI=1S/C9H17N3O4S/c1-6(14)4-7-11(5-8(15)16)9(17)10-12(7)2-3-13/h7,9-10,13,17H,2-5H2,1H3,(H,15,16)/p-1. The molecule has 0 spiro atoms. The van der Waals surface area contributed by atoms with E-state index >= 15 is 0 Å². The smallest absolute Gasteiger partial charge is 0.317 e. The molecule has 17 heavy (non-hydrogen) atoms. The molecule has 98 valence electrons. The summed E-state index contributed by atoms with van der Waals surface area (Å²) in [6, 6.07) is 0. The first kappa shape index (κ1) is 14.4. The number of hydrazine groups is 1. The summed E-state index contributed by atoms with van der Waals surface area (Å²) in [5.74, 6) is -1.06. The van der Waals surface area contributed by atoms with Crippen molar-refractivity contribution in [1.29, 1.82) is 0 Å². The Hall–Kier alpha value is -0.670. The van der Waals surface area contributed by atoms with Crippen LogP contribution in [0.25, 0.3) is 0 Å². The number of hydrogen-bond acceptors (Lipinski definition) is 7. The van der Waals surface area contributed by atoms with E-state index in [0.29, 0.717) is 6.54 Å². The van der Waals surface area contributed by atoms with Gasteiger partial charge in [0.05, 0.1) is 19.3 Å². The van der Waals surface area contributed by atoms with Gasteiger partial charge in [-0.15, -0.1) is 0 Å². The van der Waals surface area contributed by atoms with Gasteiger partial charge in [0.1, 0.15) is 5.78 Å². The molecule has 0 radical (unpaired) electrons. The lowest BCUT2D eigenvalue weighted by molar-refractivity contribution is -0.139. The largest absolute Gasteiger partial charge is 0.757 e. The number of nitrogens with zero attached hydrogens (tertiary/aromatic N) is 2. The van der Waals surface area contributed by atoms with Gasteiger partial charge in [0, 0.05) is 13.0 Å². The van der Waals surface area contributed by atoms with Crippen LogP contribution in [0.4, 0.5) is 0 Å². The summed E-state index contributed by atoms with van der Waals surface area (Å²) in [5, 5.41) is 19.3. The van der Waals surface area contributed by atoms with Gasteiger partial charge in [-0.05, 0) is 12.4 Å². The Morgan fingerprint density at radius 2 is 2.12 bits per heavy atom. The van der Waals surface area contributed by atoms with Crippen LogP contribution >= 0.6 is 0 Å².